The number of hydrogen-bond donors (Lipinski definition) is 0. The zero-order chi connectivity index (χ0) is 9.40. The largest absolute Gasteiger partial charge is 0.306 e. The van der Waals surface area contributed by atoms with E-state index in [1.807, 2.05) is 0 Å². The van der Waals surface area contributed by atoms with Gasteiger partial charge in [0.1, 0.15) is 0 Å². The van der Waals surface area contributed by atoms with Crippen LogP contribution in [-0.4, -0.2) is 25.0 Å². The Hall–Kier alpha value is -0.0400. The van der Waals surface area contributed by atoms with Crippen molar-refractivity contribution in [2.24, 2.45) is 5.92 Å². The average molecular weight is 171 g/mol. The molecule has 0 spiro atoms. The topological polar surface area (TPSA) is 3.24 Å². The summed E-state index contributed by atoms with van der Waals surface area (Å²) in [5.74, 6) is 0.923. The third kappa shape index (κ3) is 5.59. The fourth-order valence-electron chi connectivity index (χ4n) is 1.75. The Balaban J connectivity index is 3.53. The van der Waals surface area contributed by atoms with Crippen LogP contribution in [0.4, 0.5) is 0 Å². The van der Waals surface area contributed by atoms with E-state index in [1.54, 1.807) is 0 Å². The highest BCUT2D eigenvalue weighted by atomic mass is 15.1. The standard InChI is InChI=1S/C11H25N/c1-5-8-11(7-3)10-12(4)9-6-2/h11H,5-10H2,1-4H3. The molecule has 1 atom stereocenters. The normalized spacial score (nSPS) is 13.8. The van der Waals surface area contributed by atoms with Gasteiger partial charge in [-0.3, -0.25) is 0 Å². The van der Waals surface area contributed by atoms with Crippen LogP contribution in [0.25, 0.3) is 0 Å². The molecule has 1 nitrogen and oxygen atoms in total. The Kier molecular flexibility index (Phi) is 7.58. The maximum atomic E-state index is 2.46. The Morgan fingerprint density at radius 1 is 1.08 bits per heavy atom. The molecule has 0 aliphatic heterocycles. The van der Waals surface area contributed by atoms with Crippen molar-refractivity contribution in [3.05, 3.63) is 0 Å². The SMILES string of the molecule is CCCC(CC)CN(C)CCC. The first-order valence-corrected chi connectivity index (χ1v) is 5.43. The summed E-state index contributed by atoms with van der Waals surface area (Å²) >= 11 is 0. The Morgan fingerprint density at radius 3 is 2.17 bits per heavy atom. The van der Waals surface area contributed by atoms with Crippen molar-refractivity contribution in [3.63, 3.8) is 0 Å². The fraction of sp³-hybridized carbons (Fsp3) is 1.00. The maximum absolute atomic E-state index is 2.46. The molecule has 0 aliphatic rings. The Morgan fingerprint density at radius 2 is 1.75 bits per heavy atom. The Bertz CT molecular complexity index is 91.0. The van der Waals surface area contributed by atoms with E-state index in [0.29, 0.717) is 0 Å². The number of nitrogens with zero attached hydrogens (tertiary/aromatic N) is 1. The van der Waals surface area contributed by atoms with Crippen molar-refractivity contribution >= 4 is 0 Å². The second-order valence-corrected chi connectivity index (χ2v) is 3.83. The minimum Gasteiger partial charge on any atom is -0.306 e. The van der Waals surface area contributed by atoms with Gasteiger partial charge >= 0.3 is 0 Å². The molecule has 0 aliphatic carbocycles. The van der Waals surface area contributed by atoms with Crippen molar-refractivity contribution in [2.45, 2.75) is 46.5 Å². The molecule has 0 aromatic rings. The van der Waals surface area contributed by atoms with E-state index in [0.717, 1.165) is 5.92 Å². The van der Waals surface area contributed by atoms with E-state index in [1.165, 1.54) is 38.8 Å². The van der Waals surface area contributed by atoms with Gasteiger partial charge in [-0.05, 0) is 32.4 Å². The van der Waals surface area contributed by atoms with E-state index in [2.05, 4.69) is 32.7 Å². The van der Waals surface area contributed by atoms with E-state index in [9.17, 15) is 0 Å². The molecule has 0 bridgehead atoms. The van der Waals surface area contributed by atoms with Crippen molar-refractivity contribution < 1.29 is 0 Å². The average Bonchev–Trinajstić information content (AvgIpc) is 2.04. The highest BCUT2D eigenvalue weighted by Crippen LogP contribution is 2.11. The summed E-state index contributed by atoms with van der Waals surface area (Å²) < 4.78 is 0. The van der Waals surface area contributed by atoms with Gasteiger partial charge in [0.25, 0.3) is 0 Å². The third-order valence-corrected chi connectivity index (χ3v) is 2.45. The lowest BCUT2D eigenvalue weighted by atomic mass is 10.0. The summed E-state index contributed by atoms with van der Waals surface area (Å²) in [6.45, 7) is 9.37. The van der Waals surface area contributed by atoms with Crippen LogP contribution in [0.2, 0.25) is 0 Å². The first kappa shape index (κ1) is 12.0. The lowest BCUT2D eigenvalue weighted by Crippen LogP contribution is -2.26. The lowest BCUT2D eigenvalue weighted by Gasteiger charge is -2.22. The van der Waals surface area contributed by atoms with Crippen LogP contribution in [0, 0.1) is 5.92 Å². The third-order valence-electron chi connectivity index (χ3n) is 2.45. The maximum Gasteiger partial charge on any atom is 0.000650 e. The summed E-state index contributed by atoms with van der Waals surface area (Å²) in [6.07, 6.45) is 5.34. The molecule has 0 saturated heterocycles. The first-order chi connectivity index (χ1) is 5.74. The summed E-state index contributed by atoms with van der Waals surface area (Å²) in [5, 5.41) is 0. The predicted octanol–water partition coefficient (Wildman–Crippen LogP) is 3.15. The second-order valence-electron chi connectivity index (χ2n) is 3.83. The molecule has 0 heterocycles. The van der Waals surface area contributed by atoms with Crippen molar-refractivity contribution in [2.75, 3.05) is 20.1 Å². The van der Waals surface area contributed by atoms with E-state index in [4.69, 9.17) is 0 Å². The molecule has 0 rings (SSSR count). The minimum atomic E-state index is 0.923. The van der Waals surface area contributed by atoms with Crippen LogP contribution in [0.15, 0.2) is 0 Å². The van der Waals surface area contributed by atoms with Gasteiger partial charge in [0.05, 0.1) is 0 Å². The molecule has 0 N–H and O–H groups in total. The summed E-state index contributed by atoms with van der Waals surface area (Å²) in [7, 11) is 2.24. The van der Waals surface area contributed by atoms with Crippen LogP contribution in [0.3, 0.4) is 0 Å². The van der Waals surface area contributed by atoms with Gasteiger partial charge in [-0.2, -0.15) is 0 Å². The lowest BCUT2D eigenvalue weighted by molar-refractivity contribution is 0.262. The molecule has 12 heavy (non-hydrogen) atoms. The molecule has 0 fully saturated rings. The van der Waals surface area contributed by atoms with E-state index >= 15 is 0 Å². The van der Waals surface area contributed by atoms with E-state index < -0.39 is 0 Å². The van der Waals surface area contributed by atoms with Crippen LogP contribution in [0.5, 0.6) is 0 Å². The molecular formula is C11H25N. The highest BCUT2D eigenvalue weighted by Gasteiger charge is 2.07. The number of hydrogen-bond acceptors (Lipinski definition) is 1. The van der Waals surface area contributed by atoms with Crippen LogP contribution in [-0.2, 0) is 0 Å². The van der Waals surface area contributed by atoms with E-state index in [-0.39, 0.29) is 0 Å². The highest BCUT2D eigenvalue weighted by molar-refractivity contribution is 4.61. The molecule has 74 valence electrons. The van der Waals surface area contributed by atoms with Gasteiger partial charge in [0, 0.05) is 6.54 Å². The fourth-order valence-corrected chi connectivity index (χ4v) is 1.75. The molecular weight excluding hydrogens is 146 g/mol. The minimum absolute atomic E-state index is 0.923. The monoisotopic (exact) mass is 171 g/mol. The van der Waals surface area contributed by atoms with Gasteiger partial charge < -0.3 is 4.90 Å². The zero-order valence-corrected chi connectivity index (χ0v) is 9.27. The van der Waals surface area contributed by atoms with Crippen LogP contribution >= 0.6 is 0 Å². The first-order valence-electron chi connectivity index (χ1n) is 5.43. The van der Waals surface area contributed by atoms with Gasteiger partial charge in [0.15, 0.2) is 0 Å². The van der Waals surface area contributed by atoms with Crippen LogP contribution < -0.4 is 0 Å². The van der Waals surface area contributed by atoms with Gasteiger partial charge in [-0.25, -0.2) is 0 Å². The van der Waals surface area contributed by atoms with Crippen LogP contribution in [0.1, 0.15) is 46.5 Å². The molecule has 0 amide bonds. The summed E-state index contributed by atoms with van der Waals surface area (Å²) in [4.78, 5) is 2.46. The number of rotatable bonds is 7. The molecule has 0 aromatic carbocycles. The molecule has 1 heteroatoms. The predicted molar refractivity (Wildman–Crippen MR) is 56.5 cm³/mol. The van der Waals surface area contributed by atoms with Crippen molar-refractivity contribution in [1.82, 2.24) is 4.90 Å². The quantitative estimate of drug-likeness (QED) is 0.569. The molecule has 0 aromatic heterocycles. The van der Waals surface area contributed by atoms with Gasteiger partial charge in [-0.1, -0.05) is 33.6 Å². The smallest absolute Gasteiger partial charge is 0.000650 e. The van der Waals surface area contributed by atoms with Crippen molar-refractivity contribution in [1.29, 1.82) is 0 Å². The molecule has 0 radical (unpaired) electrons. The summed E-state index contributed by atoms with van der Waals surface area (Å²) in [5.41, 5.74) is 0. The Labute approximate surface area is 78.1 Å². The molecule has 0 saturated carbocycles. The van der Waals surface area contributed by atoms with Crippen molar-refractivity contribution in [3.8, 4) is 0 Å². The van der Waals surface area contributed by atoms with Gasteiger partial charge in [-0.15, -0.1) is 0 Å². The second kappa shape index (κ2) is 7.60. The zero-order valence-electron chi connectivity index (χ0n) is 9.27. The molecule has 1 unspecified atom stereocenters. The summed E-state index contributed by atoms with van der Waals surface area (Å²) in [6, 6.07) is 0. The van der Waals surface area contributed by atoms with Gasteiger partial charge in [0.2, 0.25) is 0 Å².